The first kappa shape index (κ1) is 19.7. The highest BCUT2D eigenvalue weighted by Gasteiger charge is 2.15. The number of hydrogen-bond donors (Lipinski definition) is 1. The summed E-state index contributed by atoms with van der Waals surface area (Å²) in [7, 11) is 1.94. The fraction of sp³-hybridized carbons (Fsp3) is 0.450. The van der Waals surface area contributed by atoms with E-state index in [4.69, 9.17) is 4.74 Å². The summed E-state index contributed by atoms with van der Waals surface area (Å²) in [4.78, 5) is 23.6. The molecule has 1 amide bonds. The van der Waals surface area contributed by atoms with Gasteiger partial charge in [0.05, 0.1) is 11.8 Å². The van der Waals surface area contributed by atoms with Crippen LogP contribution in [-0.4, -0.2) is 35.6 Å². The normalized spacial score (nSPS) is 10.7. The highest BCUT2D eigenvalue weighted by molar-refractivity contribution is 6.03. The van der Waals surface area contributed by atoms with E-state index >= 15 is 0 Å². The smallest absolute Gasteiger partial charge is 0.274 e. The zero-order valence-electron chi connectivity index (χ0n) is 16.2. The van der Waals surface area contributed by atoms with Gasteiger partial charge in [-0.3, -0.25) is 4.79 Å². The van der Waals surface area contributed by atoms with Crippen LogP contribution in [0.25, 0.3) is 0 Å². The van der Waals surface area contributed by atoms with Crippen LogP contribution in [0.1, 0.15) is 49.8 Å². The number of hydrogen-bond acceptors (Lipinski definition) is 5. The summed E-state index contributed by atoms with van der Waals surface area (Å²) in [6, 6.07) is 9.09. The van der Waals surface area contributed by atoms with Gasteiger partial charge in [-0.1, -0.05) is 25.5 Å². The maximum atomic E-state index is 12.7. The first-order chi connectivity index (χ1) is 12.4. The van der Waals surface area contributed by atoms with Crippen LogP contribution in [0.3, 0.4) is 0 Å². The molecule has 1 aromatic heterocycles. The Kier molecular flexibility index (Phi) is 6.95. The number of ether oxygens (including phenoxy) is 1. The van der Waals surface area contributed by atoms with Crippen molar-refractivity contribution in [1.82, 2.24) is 9.97 Å². The van der Waals surface area contributed by atoms with Gasteiger partial charge < -0.3 is 15.0 Å². The van der Waals surface area contributed by atoms with Gasteiger partial charge in [0.15, 0.2) is 0 Å². The number of rotatable bonds is 8. The molecule has 0 bridgehead atoms. The number of carbonyl (C=O) groups excluding carboxylic acids is 1. The second-order valence-electron chi connectivity index (χ2n) is 6.59. The monoisotopic (exact) mass is 356 g/mol. The van der Waals surface area contributed by atoms with Gasteiger partial charge in [0.2, 0.25) is 5.95 Å². The third-order valence-corrected chi connectivity index (χ3v) is 3.76. The van der Waals surface area contributed by atoms with E-state index in [1.807, 2.05) is 57.0 Å². The van der Waals surface area contributed by atoms with Crippen molar-refractivity contribution in [3.05, 3.63) is 41.7 Å². The fourth-order valence-corrected chi connectivity index (χ4v) is 2.45. The molecule has 2 rings (SSSR count). The molecule has 0 aliphatic rings. The number of anilines is 2. The Morgan fingerprint density at radius 2 is 2.00 bits per heavy atom. The van der Waals surface area contributed by atoms with E-state index in [1.54, 1.807) is 6.07 Å². The van der Waals surface area contributed by atoms with Crippen LogP contribution >= 0.6 is 0 Å². The predicted molar refractivity (Wildman–Crippen MR) is 105 cm³/mol. The summed E-state index contributed by atoms with van der Waals surface area (Å²) in [5, 5.41) is 2.90. The molecule has 1 heterocycles. The third kappa shape index (κ3) is 5.44. The molecule has 2 aromatic rings. The quantitative estimate of drug-likeness (QED) is 0.772. The average Bonchev–Trinajstić information content (AvgIpc) is 2.60. The lowest BCUT2D eigenvalue weighted by atomic mass is 10.2. The van der Waals surface area contributed by atoms with Gasteiger partial charge in [0, 0.05) is 19.3 Å². The number of para-hydroxylation sites is 2. The van der Waals surface area contributed by atoms with Gasteiger partial charge in [-0.2, -0.15) is 0 Å². The van der Waals surface area contributed by atoms with Crippen molar-refractivity contribution in [3.8, 4) is 5.75 Å². The van der Waals surface area contributed by atoms with Crippen LogP contribution in [0, 0.1) is 6.92 Å². The second-order valence-corrected chi connectivity index (χ2v) is 6.59. The molecule has 0 saturated carbocycles. The summed E-state index contributed by atoms with van der Waals surface area (Å²) in [5.74, 6) is 0.928. The van der Waals surface area contributed by atoms with Gasteiger partial charge in [-0.25, -0.2) is 9.97 Å². The summed E-state index contributed by atoms with van der Waals surface area (Å²) in [5.41, 5.74) is 1.73. The lowest BCUT2D eigenvalue weighted by Crippen LogP contribution is -2.23. The number of amides is 1. The Morgan fingerprint density at radius 3 is 2.69 bits per heavy atom. The van der Waals surface area contributed by atoms with Gasteiger partial charge in [0.1, 0.15) is 11.4 Å². The second kappa shape index (κ2) is 9.17. The third-order valence-electron chi connectivity index (χ3n) is 3.76. The van der Waals surface area contributed by atoms with E-state index < -0.39 is 0 Å². The first-order valence-corrected chi connectivity index (χ1v) is 9.04. The molecule has 0 spiro atoms. The number of aryl methyl sites for hydroxylation is 1. The van der Waals surface area contributed by atoms with E-state index in [9.17, 15) is 4.79 Å². The van der Waals surface area contributed by atoms with Crippen LogP contribution in [0.15, 0.2) is 30.3 Å². The first-order valence-electron chi connectivity index (χ1n) is 9.04. The van der Waals surface area contributed by atoms with Crippen LogP contribution in [-0.2, 0) is 0 Å². The van der Waals surface area contributed by atoms with E-state index in [0.717, 1.165) is 25.1 Å². The number of nitrogens with one attached hydrogen (secondary N) is 1. The minimum Gasteiger partial charge on any atom is -0.489 e. The fourth-order valence-electron chi connectivity index (χ4n) is 2.45. The summed E-state index contributed by atoms with van der Waals surface area (Å²) in [6.07, 6.45) is 2.17. The standard InChI is InChI=1S/C20H28N4O2/c1-6-7-12-24(5)20-21-15(4)13-17(23-20)19(25)22-16-10-8-9-11-18(16)26-14(2)3/h8-11,13-14H,6-7,12H2,1-5H3,(H,22,25). The molecular weight excluding hydrogens is 328 g/mol. The maximum Gasteiger partial charge on any atom is 0.274 e. The van der Waals surface area contributed by atoms with Gasteiger partial charge in [-0.15, -0.1) is 0 Å². The molecule has 6 heteroatoms. The molecule has 140 valence electrons. The molecular formula is C20H28N4O2. The predicted octanol–water partition coefficient (Wildman–Crippen LogP) is 4.06. The van der Waals surface area contributed by atoms with Crippen molar-refractivity contribution in [3.63, 3.8) is 0 Å². The minimum atomic E-state index is -0.277. The highest BCUT2D eigenvalue weighted by atomic mass is 16.5. The Hall–Kier alpha value is -2.63. The molecule has 0 unspecified atom stereocenters. The Bertz CT molecular complexity index is 746. The molecule has 1 N–H and O–H groups in total. The minimum absolute atomic E-state index is 0.0214. The number of nitrogens with zero attached hydrogens (tertiary/aromatic N) is 3. The lowest BCUT2D eigenvalue weighted by Gasteiger charge is -2.18. The molecule has 0 aliphatic carbocycles. The van der Waals surface area contributed by atoms with Crippen LogP contribution in [0.5, 0.6) is 5.75 Å². The zero-order valence-corrected chi connectivity index (χ0v) is 16.2. The summed E-state index contributed by atoms with van der Waals surface area (Å²) in [6.45, 7) is 8.76. The molecule has 0 radical (unpaired) electrons. The summed E-state index contributed by atoms with van der Waals surface area (Å²) < 4.78 is 5.76. The molecule has 0 saturated heterocycles. The largest absolute Gasteiger partial charge is 0.489 e. The van der Waals surface area contributed by atoms with Crippen molar-refractivity contribution in [1.29, 1.82) is 0 Å². The summed E-state index contributed by atoms with van der Waals surface area (Å²) >= 11 is 0. The molecule has 0 atom stereocenters. The van der Waals surface area contributed by atoms with E-state index in [0.29, 0.717) is 23.1 Å². The SMILES string of the molecule is CCCCN(C)c1nc(C)cc(C(=O)Nc2ccccc2OC(C)C)n1. The zero-order chi connectivity index (χ0) is 19.1. The molecule has 1 aromatic carbocycles. The average molecular weight is 356 g/mol. The Morgan fingerprint density at radius 1 is 1.27 bits per heavy atom. The number of carbonyl (C=O) groups is 1. The van der Waals surface area contributed by atoms with E-state index in [-0.39, 0.29) is 12.0 Å². The van der Waals surface area contributed by atoms with Crippen LogP contribution < -0.4 is 15.0 Å². The van der Waals surface area contributed by atoms with Crippen LogP contribution in [0.2, 0.25) is 0 Å². The van der Waals surface area contributed by atoms with Crippen molar-refractivity contribution in [2.45, 2.75) is 46.6 Å². The molecule has 0 aliphatic heterocycles. The molecule has 6 nitrogen and oxygen atoms in total. The van der Waals surface area contributed by atoms with Crippen molar-refractivity contribution in [2.24, 2.45) is 0 Å². The molecule has 0 fully saturated rings. The van der Waals surface area contributed by atoms with Crippen LogP contribution in [0.4, 0.5) is 11.6 Å². The number of benzene rings is 1. The highest BCUT2D eigenvalue weighted by Crippen LogP contribution is 2.25. The van der Waals surface area contributed by atoms with Gasteiger partial charge >= 0.3 is 0 Å². The Labute approximate surface area is 155 Å². The number of aromatic nitrogens is 2. The lowest BCUT2D eigenvalue weighted by molar-refractivity contribution is 0.102. The Balaban J connectivity index is 2.21. The maximum absolute atomic E-state index is 12.7. The van der Waals surface area contributed by atoms with Gasteiger partial charge in [-0.05, 0) is 45.4 Å². The van der Waals surface area contributed by atoms with Crippen molar-refractivity contribution < 1.29 is 9.53 Å². The number of unbranched alkanes of at least 4 members (excludes halogenated alkanes) is 1. The van der Waals surface area contributed by atoms with Gasteiger partial charge in [0.25, 0.3) is 5.91 Å². The topological polar surface area (TPSA) is 67.4 Å². The van der Waals surface area contributed by atoms with E-state index in [1.165, 1.54) is 0 Å². The van der Waals surface area contributed by atoms with Crippen molar-refractivity contribution in [2.75, 3.05) is 23.8 Å². The van der Waals surface area contributed by atoms with Crippen molar-refractivity contribution >= 4 is 17.5 Å². The molecule has 26 heavy (non-hydrogen) atoms. The van der Waals surface area contributed by atoms with E-state index in [2.05, 4.69) is 22.2 Å².